The Balaban J connectivity index is 1.79. The van der Waals surface area contributed by atoms with Crippen molar-refractivity contribution >= 4 is 11.9 Å². The van der Waals surface area contributed by atoms with Crippen molar-refractivity contribution in [1.29, 1.82) is 0 Å². The highest BCUT2D eigenvalue weighted by Gasteiger charge is 2.54. The zero-order valence-electron chi connectivity index (χ0n) is 12.4. The second-order valence-corrected chi connectivity index (χ2v) is 6.09. The van der Waals surface area contributed by atoms with Gasteiger partial charge in [0.1, 0.15) is 0 Å². The molecule has 0 aliphatic carbocycles. The van der Waals surface area contributed by atoms with Crippen LogP contribution in [-0.4, -0.2) is 48.2 Å². The van der Waals surface area contributed by atoms with Crippen LogP contribution in [0.2, 0.25) is 0 Å². The zero-order valence-corrected chi connectivity index (χ0v) is 12.4. The van der Waals surface area contributed by atoms with Crippen molar-refractivity contribution in [2.24, 2.45) is 11.3 Å². The Hall–Kier alpha value is -2.02. The third kappa shape index (κ3) is 2.69. The van der Waals surface area contributed by atoms with Crippen molar-refractivity contribution in [3.63, 3.8) is 0 Å². The number of aliphatic carboxylic acids is 1. The lowest BCUT2D eigenvalue weighted by molar-refractivity contribution is -0.157. The minimum absolute atomic E-state index is 0.131. The first-order chi connectivity index (χ1) is 10.9. The van der Waals surface area contributed by atoms with Crippen molar-refractivity contribution in [1.82, 2.24) is 4.90 Å². The molecule has 0 bridgehead atoms. The maximum Gasteiger partial charge on any atom is 0.311 e. The Morgan fingerprint density at radius 3 is 2.57 bits per heavy atom. The van der Waals surface area contributed by atoms with Gasteiger partial charge in [-0.2, -0.15) is 0 Å². The minimum atomic E-state index is -2.58. The number of fused-ring (bicyclic) bond motifs is 1. The average molecular weight is 325 g/mol. The lowest BCUT2D eigenvalue weighted by Gasteiger charge is -2.33. The first-order valence-electron chi connectivity index (χ1n) is 7.42. The highest BCUT2D eigenvalue weighted by atomic mass is 19.3. The number of ether oxygens (including phenoxy) is 1. The number of hydrogen-bond donors (Lipinski definition) is 1. The van der Waals surface area contributed by atoms with Crippen LogP contribution in [-0.2, 0) is 9.53 Å². The number of carbonyl (C=O) groups excluding carboxylic acids is 1. The summed E-state index contributed by atoms with van der Waals surface area (Å²) in [5.74, 6) is -1.48. The van der Waals surface area contributed by atoms with Crippen LogP contribution >= 0.6 is 0 Å². The predicted octanol–water partition coefficient (Wildman–Crippen LogP) is 2.19. The van der Waals surface area contributed by atoms with E-state index in [1.54, 1.807) is 0 Å². The van der Waals surface area contributed by atoms with Crippen LogP contribution in [0.25, 0.3) is 0 Å². The standard InChI is InChI=1S/C16H17F2NO4/c17-13(18)10-1-3-11(4-2-10)14(20)19-7-12-8-23-6-5-16(12,9-19)15(21)22/h1-4,12-13H,5-9H2,(H,21,22)/t12-,16+/m0/s1. The average Bonchev–Trinajstić information content (AvgIpc) is 2.95. The number of halogens is 2. The summed E-state index contributed by atoms with van der Waals surface area (Å²) < 4.78 is 30.5. The molecule has 1 N–H and O–H groups in total. The molecular formula is C16H17F2NO4. The van der Waals surface area contributed by atoms with Crippen LogP contribution in [0.1, 0.15) is 28.8 Å². The number of carboxylic acid groups (broad SMARTS) is 1. The summed E-state index contributed by atoms with van der Waals surface area (Å²) in [6, 6.07) is 5.15. The molecule has 0 saturated carbocycles. The predicted molar refractivity (Wildman–Crippen MR) is 76.3 cm³/mol. The van der Waals surface area contributed by atoms with E-state index < -0.39 is 17.8 Å². The molecule has 124 valence electrons. The van der Waals surface area contributed by atoms with Crippen molar-refractivity contribution in [3.05, 3.63) is 35.4 Å². The van der Waals surface area contributed by atoms with E-state index in [1.165, 1.54) is 29.2 Å². The Bertz CT molecular complexity index is 619. The molecule has 5 nitrogen and oxygen atoms in total. The van der Waals surface area contributed by atoms with Crippen molar-refractivity contribution in [2.75, 3.05) is 26.3 Å². The summed E-state index contributed by atoms with van der Waals surface area (Å²) in [4.78, 5) is 25.7. The van der Waals surface area contributed by atoms with Gasteiger partial charge in [-0.05, 0) is 18.6 Å². The second-order valence-electron chi connectivity index (χ2n) is 6.09. The van der Waals surface area contributed by atoms with Crippen molar-refractivity contribution in [2.45, 2.75) is 12.8 Å². The number of alkyl halides is 2. The molecule has 2 aliphatic heterocycles. The van der Waals surface area contributed by atoms with Crippen molar-refractivity contribution in [3.8, 4) is 0 Å². The summed E-state index contributed by atoms with van der Waals surface area (Å²) in [5.41, 5.74) is -0.821. The number of nitrogens with zero attached hydrogens (tertiary/aromatic N) is 1. The third-order valence-corrected chi connectivity index (χ3v) is 4.83. The van der Waals surface area contributed by atoms with E-state index in [4.69, 9.17) is 4.74 Å². The van der Waals surface area contributed by atoms with Crippen LogP contribution in [0.4, 0.5) is 8.78 Å². The van der Waals surface area contributed by atoms with Gasteiger partial charge in [-0.25, -0.2) is 8.78 Å². The number of likely N-dealkylation sites (tertiary alicyclic amines) is 1. The Morgan fingerprint density at radius 2 is 2.00 bits per heavy atom. The molecule has 2 atom stereocenters. The van der Waals surface area contributed by atoms with Gasteiger partial charge in [0.25, 0.3) is 12.3 Å². The fraction of sp³-hybridized carbons (Fsp3) is 0.500. The van der Waals surface area contributed by atoms with Gasteiger partial charge < -0.3 is 14.7 Å². The SMILES string of the molecule is O=C(c1ccc(C(F)F)cc1)N1C[C@H]2COCC[C@@]2(C(=O)O)C1. The molecular weight excluding hydrogens is 308 g/mol. The molecule has 1 aromatic carbocycles. The summed E-state index contributed by atoms with van der Waals surface area (Å²) in [7, 11) is 0. The molecule has 0 radical (unpaired) electrons. The van der Waals surface area contributed by atoms with Gasteiger partial charge in [0.2, 0.25) is 0 Å². The van der Waals surface area contributed by atoms with Gasteiger partial charge in [-0.1, -0.05) is 12.1 Å². The third-order valence-electron chi connectivity index (χ3n) is 4.83. The van der Waals surface area contributed by atoms with Gasteiger partial charge in [0.15, 0.2) is 0 Å². The van der Waals surface area contributed by atoms with Crippen LogP contribution in [0.3, 0.4) is 0 Å². The molecule has 0 unspecified atom stereocenters. The van der Waals surface area contributed by atoms with Crippen molar-refractivity contribution < 1.29 is 28.2 Å². The van der Waals surface area contributed by atoms with E-state index >= 15 is 0 Å². The maximum absolute atomic E-state index is 12.6. The summed E-state index contributed by atoms with van der Waals surface area (Å²) in [5, 5.41) is 9.59. The van der Waals surface area contributed by atoms with Gasteiger partial charge in [-0.15, -0.1) is 0 Å². The lowest BCUT2D eigenvalue weighted by atomic mass is 9.74. The number of benzene rings is 1. The molecule has 23 heavy (non-hydrogen) atoms. The molecule has 2 aliphatic rings. The Kier molecular flexibility index (Phi) is 4.06. The molecule has 1 aromatic rings. The van der Waals surface area contributed by atoms with E-state index in [2.05, 4.69) is 0 Å². The quantitative estimate of drug-likeness (QED) is 0.925. The fourth-order valence-corrected chi connectivity index (χ4v) is 3.41. The molecule has 3 rings (SSSR count). The molecule has 0 spiro atoms. The largest absolute Gasteiger partial charge is 0.481 e. The normalized spacial score (nSPS) is 27.1. The minimum Gasteiger partial charge on any atom is -0.481 e. The molecule has 0 aromatic heterocycles. The summed E-state index contributed by atoms with van der Waals surface area (Å²) in [6.45, 7) is 1.13. The number of amides is 1. The van der Waals surface area contributed by atoms with E-state index in [0.29, 0.717) is 26.2 Å². The van der Waals surface area contributed by atoms with Crippen LogP contribution in [0, 0.1) is 11.3 Å². The maximum atomic E-state index is 12.6. The second kappa shape index (κ2) is 5.88. The number of rotatable bonds is 3. The number of carbonyl (C=O) groups is 2. The lowest BCUT2D eigenvalue weighted by Crippen LogP contribution is -2.45. The van der Waals surface area contributed by atoms with Crippen LogP contribution in [0.15, 0.2) is 24.3 Å². The van der Waals surface area contributed by atoms with Gasteiger partial charge >= 0.3 is 5.97 Å². The Labute approximate surface area is 131 Å². The highest BCUT2D eigenvalue weighted by Crippen LogP contribution is 2.42. The molecule has 2 heterocycles. The highest BCUT2D eigenvalue weighted by molar-refractivity contribution is 5.95. The van der Waals surface area contributed by atoms with E-state index in [9.17, 15) is 23.5 Å². The molecule has 2 fully saturated rings. The smallest absolute Gasteiger partial charge is 0.311 e. The first-order valence-corrected chi connectivity index (χ1v) is 7.42. The van der Waals surface area contributed by atoms with E-state index in [0.717, 1.165) is 0 Å². The molecule has 7 heteroatoms. The van der Waals surface area contributed by atoms with Gasteiger partial charge in [-0.3, -0.25) is 9.59 Å². The monoisotopic (exact) mass is 325 g/mol. The van der Waals surface area contributed by atoms with E-state index in [1.807, 2.05) is 0 Å². The van der Waals surface area contributed by atoms with E-state index in [-0.39, 0.29) is 29.5 Å². The number of hydrogen-bond acceptors (Lipinski definition) is 3. The van der Waals surface area contributed by atoms with Gasteiger partial charge in [0.05, 0.1) is 12.0 Å². The topological polar surface area (TPSA) is 66.8 Å². The molecule has 2 saturated heterocycles. The zero-order chi connectivity index (χ0) is 16.6. The van der Waals surface area contributed by atoms with Crippen LogP contribution < -0.4 is 0 Å². The van der Waals surface area contributed by atoms with Gasteiger partial charge in [0, 0.05) is 36.7 Å². The summed E-state index contributed by atoms with van der Waals surface area (Å²) >= 11 is 0. The van der Waals surface area contributed by atoms with Crippen LogP contribution in [0.5, 0.6) is 0 Å². The molecule has 1 amide bonds. The Morgan fingerprint density at radius 1 is 1.30 bits per heavy atom. The summed E-state index contributed by atoms with van der Waals surface area (Å²) in [6.07, 6.45) is -2.21. The number of carboxylic acids is 1. The first kappa shape index (κ1) is 15.9. The fourth-order valence-electron chi connectivity index (χ4n) is 3.41.